The number of nitrogens with one attached hydrogen (secondary N) is 2. The Morgan fingerprint density at radius 2 is 1.69 bits per heavy atom. The summed E-state index contributed by atoms with van der Waals surface area (Å²) >= 11 is 0. The van der Waals surface area contributed by atoms with Crippen molar-refractivity contribution in [1.29, 1.82) is 0 Å². The van der Waals surface area contributed by atoms with E-state index in [1.807, 2.05) is 13.0 Å². The van der Waals surface area contributed by atoms with Crippen LogP contribution in [0, 0.1) is 13.8 Å². The summed E-state index contributed by atoms with van der Waals surface area (Å²) in [7, 11) is -0.434. The van der Waals surface area contributed by atoms with Crippen LogP contribution >= 0.6 is 0 Å². The zero-order valence-electron chi connectivity index (χ0n) is 18.0. The molecule has 158 valence electrons. The maximum Gasteiger partial charge on any atom is 0.242 e. The molecule has 0 radical (unpaired) electrons. The molecule has 7 heteroatoms. The first-order chi connectivity index (χ1) is 13.7. The van der Waals surface area contributed by atoms with Gasteiger partial charge >= 0.3 is 0 Å². The minimum absolute atomic E-state index is 0.280. The van der Waals surface area contributed by atoms with Crippen LogP contribution in [0.3, 0.4) is 0 Å². The highest BCUT2D eigenvalue weighted by molar-refractivity contribution is 7.89. The van der Waals surface area contributed by atoms with Crippen molar-refractivity contribution in [2.24, 2.45) is 4.99 Å². The Morgan fingerprint density at radius 3 is 2.31 bits per heavy atom. The molecule has 2 aromatic carbocycles. The average molecular weight is 417 g/mol. The van der Waals surface area contributed by atoms with Crippen molar-refractivity contribution in [2.75, 3.05) is 27.2 Å². The van der Waals surface area contributed by atoms with E-state index in [4.69, 9.17) is 0 Å². The maximum atomic E-state index is 12.6. The number of hydrogen-bond acceptors (Lipinski definition) is 3. The van der Waals surface area contributed by atoms with E-state index in [1.54, 1.807) is 18.2 Å². The molecule has 0 spiro atoms. The normalized spacial score (nSPS) is 12.3. The van der Waals surface area contributed by atoms with Gasteiger partial charge in [-0.25, -0.2) is 17.7 Å². The lowest BCUT2D eigenvalue weighted by atomic mass is 10.1. The van der Waals surface area contributed by atoms with Gasteiger partial charge in [0.15, 0.2) is 5.96 Å². The largest absolute Gasteiger partial charge is 0.357 e. The van der Waals surface area contributed by atoms with Crippen molar-refractivity contribution in [1.82, 2.24) is 14.9 Å². The van der Waals surface area contributed by atoms with Crippen LogP contribution in [0.15, 0.2) is 52.4 Å². The summed E-state index contributed by atoms with van der Waals surface area (Å²) in [5.74, 6) is 0.675. The van der Waals surface area contributed by atoms with Crippen LogP contribution < -0.4 is 10.6 Å². The Labute approximate surface area is 175 Å². The van der Waals surface area contributed by atoms with Crippen molar-refractivity contribution in [3.63, 3.8) is 0 Å². The van der Waals surface area contributed by atoms with Crippen LogP contribution in [0.25, 0.3) is 0 Å². The van der Waals surface area contributed by atoms with Gasteiger partial charge in [0.25, 0.3) is 0 Å². The molecule has 0 bridgehead atoms. The number of guanidine groups is 1. The van der Waals surface area contributed by atoms with E-state index in [2.05, 4.69) is 47.7 Å². The minimum Gasteiger partial charge on any atom is -0.357 e. The summed E-state index contributed by atoms with van der Waals surface area (Å²) in [4.78, 5) is 4.89. The molecular formula is C22H32N4O2S. The van der Waals surface area contributed by atoms with Crippen LogP contribution in [-0.2, 0) is 23.0 Å². The number of aliphatic imine (C=N–C) groups is 1. The molecule has 0 unspecified atom stereocenters. The van der Waals surface area contributed by atoms with Crippen LogP contribution in [0.4, 0.5) is 0 Å². The molecule has 2 aromatic rings. The zero-order valence-corrected chi connectivity index (χ0v) is 18.8. The van der Waals surface area contributed by atoms with Crippen molar-refractivity contribution in [3.8, 4) is 0 Å². The van der Waals surface area contributed by atoms with E-state index >= 15 is 0 Å². The van der Waals surface area contributed by atoms with Gasteiger partial charge in [0.1, 0.15) is 0 Å². The highest BCUT2D eigenvalue weighted by Gasteiger charge is 2.20. The third-order valence-electron chi connectivity index (χ3n) is 4.47. The summed E-state index contributed by atoms with van der Waals surface area (Å²) in [6.07, 6.45) is 0.887. The fraction of sp³-hybridized carbons (Fsp3) is 0.409. The molecule has 0 amide bonds. The standard InChI is InChI=1S/C22H32N4O2S/c1-6-23-22(24-12-11-19-14-17(2)13-18(3)15-19)25-16-20-9-7-8-10-21(20)29(27,28)26(4)5/h7-10,13-15H,6,11-12,16H2,1-5H3,(H2,23,24,25). The molecule has 0 aliphatic heterocycles. The van der Waals surface area contributed by atoms with Gasteiger partial charge in [-0.3, -0.25) is 0 Å². The number of benzene rings is 2. The topological polar surface area (TPSA) is 73.8 Å². The number of aryl methyl sites for hydroxylation is 2. The summed E-state index contributed by atoms with van der Waals surface area (Å²) in [5.41, 5.74) is 4.49. The molecule has 6 nitrogen and oxygen atoms in total. The van der Waals surface area contributed by atoms with E-state index in [9.17, 15) is 8.42 Å². The van der Waals surface area contributed by atoms with E-state index in [1.165, 1.54) is 35.1 Å². The summed E-state index contributed by atoms with van der Waals surface area (Å²) in [6.45, 7) is 7.97. The van der Waals surface area contributed by atoms with Crippen LogP contribution in [0.2, 0.25) is 0 Å². The fourth-order valence-corrected chi connectivity index (χ4v) is 4.24. The third-order valence-corrected chi connectivity index (χ3v) is 6.39. The predicted octanol–water partition coefficient (Wildman–Crippen LogP) is 2.85. The monoisotopic (exact) mass is 416 g/mol. The zero-order chi connectivity index (χ0) is 21.4. The molecule has 0 fully saturated rings. The van der Waals surface area contributed by atoms with Gasteiger partial charge in [0.2, 0.25) is 10.0 Å². The maximum absolute atomic E-state index is 12.6. The Bertz CT molecular complexity index is 933. The second-order valence-corrected chi connectivity index (χ2v) is 9.38. The van der Waals surface area contributed by atoms with Crippen LogP contribution in [-0.4, -0.2) is 45.9 Å². The summed E-state index contributed by atoms with van der Waals surface area (Å²) < 4.78 is 26.3. The van der Waals surface area contributed by atoms with Crippen molar-refractivity contribution < 1.29 is 8.42 Å². The Kier molecular flexibility index (Phi) is 8.22. The smallest absolute Gasteiger partial charge is 0.242 e. The van der Waals surface area contributed by atoms with Gasteiger partial charge in [0, 0.05) is 27.2 Å². The van der Waals surface area contributed by atoms with Gasteiger partial charge in [-0.2, -0.15) is 0 Å². The van der Waals surface area contributed by atoms with Gasteiger partial charge in [-0.05, 0) is 44.4 Å². The van der Waals surface area contributed by atoms with Gasteiger partial charge in [-0.15, -0.1) is 0 Å². The molecule has 0 atom stereocenters. The van der Waals surface area contributed by atoms with Crippen molar-refractivity contribution >= 4 is 16.0 Å². The lowest BCUT2D eigenvalue weighted by molar-refractivity contribution is 0.519. The molecule has 2 N–H and O–H groups in total. The lowest BCUT2D eigenvalue weighted by Gasteiger charge is -2.15. The Hall–Kier alpha value is -2.38. The quantitative estimate of drug-likeness (QED) is 0.513. The second kappa shape index (κ2) is 10.4. The number of sulfonamides is 1. The summed E-state index contributed by atoms with van der Waals surface area (Å²) in [5, 5.41) is 6.56. The first-order valence-corrected chi connectivity index (χ1v) is 11.3. The number of nitrogens with zero attached hydrogens (tertiary/aromatic N) is 2. The van der Waals surface area contributed by atoms with E-state index in [-0.39, 0.29) is 6.54 Å². The predicted molar refractivity (Wildman–Crippen MR) is 120 cm³/mol. The third kappa shape index (κ3) is 6.58. The Morgan fingerprint density at radius 1 is 1.03 bits per heavy atom. The second-order valence-electron chi connectivity index (χ2n) is 7.26. The first kappa shape index (κ1) is 22.9. The van der Waals surface area contributed by atoms with Crippen LogP contribution in [0.1, 0.15) is 29.2 Å². The molecule has 0 saturated heterocycles. The van der Waals surface area contributed by atoms with E-state index in [0.717, 1.165) is 19.5 Å². The lowest BCUT2D eigenvalue weighted by Crippen LogP contribution is -2.38. The molecule has 0 aromatic heterocycles. The van der Waals surface area contributed by atoms with Gasteiger partial charge < -0.3 is 10.6 Å². The van der Waals surface area contributed by atoms with Crippen LogP contribution in [0.5, 0.6) is 0 Å². The van der Waals surface area contributed by atoms with Crippen molar-refractivity contribution in [2.45, 2.75) is 38.6 Å². The number of rotatable bonds is 8. The SMILES string of the molecule is CCNC(=NCc1ccccc1S(=O)(=O)N(C)C)NCCc1cc(C)cc(C)c1. The van der Waals surface area contributed by atoms with Gasteiger partial charge in [-0.1, -0.05) is 47.5 Å². The first-order valence-electron chi connectivity index (χ1n) is 9.84. The van der Waals surface area contributed by atoms with Crippen molar-refractivity contribution in [3.05, 3.63) is 64.7 Å². The summed E-state index contributed by atoms with van der Waals surface area (Å²) in [6, 6.07) is 13.6. The average Bonchev–Trinajstić information content (AvgIpc) is 2.65. The molecule has 29 heavy (non-hydrogen) atoms. The molecule has 0 aliphatic carbocycles. The highest BCUT2D eigenvalue weighted by atomic mass is 32.2. The van der Waals surface area contributed by atoms with E-state index in [0.29, 0.717) is 16.4 Å². The molecule has 0 saturated carbocycles. The number of hydrogen-bond donors (Lipinski definition) is 2. The molecular weight excluding hydrogens is 384 g/mol. The Balaban J connectivity index is 2.10. The molecule has 2 rings (SSSR count). The van der Waals surface area contributed by atoms with Gasteiger partial charge in [0.05, 0.1) is 11.4 Å². The van der Waals surface area contributed by atoms with E-state index < -0.39 is 10.0 Å². The minimum atomic E-state index is -3.51. The fourth-order valence-electron chi connectivity index (χ4n) is 3.13. The molecule has 0 heterocycles. The molecule has 0 aliphatic rings. The highest BCUT2D eigenvalue weighted by Crippen LogP contribution is 2.19.